The summed E-state index contributed by atoms with van der Waals surface area (Å²) in [6, 6.07) is 55.5. The topological polar surface area (TPSA) is 42.4 Å². The summed E-state index contributed by atoms with van der Waals surface area (Å²) < 4.78 is 12.7. The third kappa shape index (κ3) is 4.35. The molecule has 0 saturated carbocycles. The first-order chi connectivity index (χ1) is 24.5. The lowest BCUT2D eigenvalue weighted by molar-refractivity contribution is 0.619. The van der Waals surface area contributed by atoms with E-state index in [9.17, 15) is 0 Å². The average Bonchev–Trinajstić information content (AvgIpc) is 3.83. The van der Waals surface area contributed by atoms with E-state index in [-0.39, 0.29) is 5.41 Å². The van der Waals surface area contributed by atoms with Crippen molar-refractivity contribution in [2.24, 2.45) is 0 Å². The van der Waals surface area contributed by atoms with Gasteiger partial charge in [-0.3, -0.25) is 0 Å². The van der Waals surface area contributed by atoms with Crippen LogP contribution in [0.4, 0.5) is 17.1 Å². The zero-order valence-electron chi connectivity index (χ0n) is 27.7. The summed E-state index contributed by atoms with van der Waals surface area (Å²) >= 11 is 0. The van der Waals surface area contributed by atoms with Crippen LogP contribution in [0.3, 0.4) is 0 Å². The standard InChI is InChI=1S/C46H32N2O2/c1-46(2)38-15-10-14-37(45-47-40-16-7-9-18-42(40)50-45)44(38)36-26-24-32(27-39(36)46)48(31-21-19-30(20-22-31)29-11-4-3-5-12-29)33-23-25-35-34-13-6-8-17-41(34)49-43(35)28-33/h3-28H,1-2H3. The summed E-state index contributed by atoms with van der Waals surface area (Å²) in [6.45, 7) is 4.63. The quantitative estimate of drug-likeness (QED) is 0.187. The number of furan rings is 1. The maximum absolute atomic E-state index is 6.38. The monoisotopic (exact) mass is 644 g/mol. The Hall–Kier alpha value is -6.39. The molecular weight excluding hydrogens is 613 g/mol. The summed E-state index contributed by atoms with van der Waals surface area (Å²) in [6.07, 6.45) is 0. The van der Waals surface area contributed by atoms with Crippen molar-refractivity contribution in [3.05, 3.63) is 169 Å². The van der Waals surface area contributed by atoms with Crippen molar-refractivity contribution >= 4 is 50.1 Å². The van der Waals surface area contributed by atoms with E-state index in [4.69, 9.17) is 13.8 Å². The smallest absolute Gasteiger partial charge is 0.227 e. The second kappa shape index (κ2) is 10.8. The van der Waals surface area contributed by atoms with Crippen LogP contribution in [0.15, 0.2) is 167 Å². The van der Waals surface area contributed by atoms with E-state index in [1.807, 2.05) is 36.4 Å². The van der Waals surface area contributed by atoms with Crippen molar-refractivity contribution < 1.29 is 8.83 Å². The molecule has 0 unspecified atom stereocenters. The second-order valence-electron chi connectivity index (χ2n) is 13.6. The Morgan fingerprint density at radius 2 is 1.16 bits per heavy atom. The van der Waals surface area contributed by atoms with Gasteiger partial charge in [0.2, 0.25) is 5.89 Å². The Bertz CT molecular complexity index is 2700. The van der Waals surface area contributed by atoms with E-state index in [0.29, 0.717) is 5.89 Å². The molecule has 238 valence electrons. The van der Waals surface area contributed by atoms with Crippen LogP contribution in [0.1, 0.15) is 25.0 Å². The Labute approximate surface area is 289 Å². The Morgan fingerprint density at radius 3 is 2.00 bits per heavy atom. The van der Waals surface area contributed by atoms with Gasteiger partial charge in [-0.25, -0.2) is 4.98 Å². The molecule has 2 heterocycles. The Morgan fingerprint density at radius 1 is 0.480 bits per heavy atom. The molecule has 0 fully saturated rings. The summed E-state index contributed by atoms with van der Waals surface area (Å²) in [4.78, 5) is 7.23. The number of fused-ring (bicyclic) bond motifs is 7. The SMILES string of the molecule is CC1(C)c2cc(N(c3ccc(-c4ccccc4)cc3)c3ccc4c(c3)oc3ccccc34)ccc2-c2c(-c3nc4ccccc4o3)cccc21. The van der Waals surface area contributed by atoms with Crippen molar-refractivity contribution in [3.8, 4) is 33.7 Å². The summed E-state index contributed by atoms with van der Waals surface area (Å²) in [5.74, 6) is 0.648. The van der Waals surface area contributed by atoms with Gasteiger partial charge in [-0.2, -0.15) is 0 Å². The molecule has 1 aliphatic carbocycles. The van der Waals surface area contributed by atoms with Gasteiger partial charge in [0, 0.05) is 44.9 Å². The van der Waals surface area contributed by atoms with E-state index in [1.165, 1.54) is 33.4 Å². The largest absolute Gasteiger partial charge is 0.456 e. The van der Waals surface area contributed by atoms with Crippen LogP contribution in [0, 0.1) is 0 Å². The van der Waals surface area contributed by atoms with Gasteiger partial charge in [0.15, 0.2) is 5.58 Å². The summed E-state index contributed by atoms with van der Waals surface area (Å²) in [7, 11) is 0. The van der Waals surface area contributed by atoms with Gasteiger partial charge in [0.1, 0.15) is 16.7 Å². The maximum Gasteiger partial charge on any atom is 0.227 e. The highest BCUT2D eigenvalue weighted by molar-refractivity contribution is 6.06. The molecule has 4 nitrogen and oxygen atoms in total. The van der Waals surface area contributed by atoms with Gasteiger partial charge in [0.05, 0.1) is 0 Å². The summed E-state index contributed by atoms with van der Waals surface area (Å²) in [5, 5.41) is 2.24. The van der Waals surface area contributed by atoms with Crippen LogP contribution in [0.5, 0.6) is 0 Å². The molecule has 9 aromatic rings. The third-order valence-corrected chi connectivity index (χ3v) is 10.3. The maximum atomic E-state index is 6.38. The van der Waals surface area contributed by atoms with Crippen molar-refractivity contribution in [2.75, 3.05) is 4.90 Å². The molecule has 0 spiro atoms. The van der Waals surface area contributed by atoms with Crippen molar-refractivity contribution in [3.63, 3.8) is 0 Å². The van der Waals surface area contributed by atoms with Crippen molar-refractivity contribution in [1.82, 2.24) is 4.98 Å². The fourth-order valence-electron chi connectivity index (χ4n) is 7.81. The van der Waals surface area contributed by atoms with Crippen LogP contribution in [-0.4, -0.2) is 4.98 Å². The Balaban J connectivity index is 1.14. The number of para-hydroxylation sites is 3. The number of hydrogen-bond acceptors (Lipinski definition) is 4. The normalized spacial score (nSPS) is 13.2. The minimum Gasteiger partial charge on any atom is -0.456 e. The first-order valence-corrected chi connectivity index (χ1v) is 17.0. The zero-order valence-corrected chi connectivity index (χ0v) is 27.7. The fraction of sp³-hybridized carbons (Fsp3) is 0.0652. The van der Waals surface area contributed by atoms with E-state index < -0.39 is 0 Å². The molecule has 10 rings (SSSR count). The van der Waals surface area contributed by atoms with Gasteiger partial charge < -0.3 is 13.7 Å². The number of benzene rings is 7. The molecule has 50 heavy (non-hydrogen) atoms. The van der Waals surface area contributed by atoms with Crippen LogP contribution < -0.4 is 4.90 Å². The molecule has 7 aromatic carbocycles. The lowest BCUT2D eigenvalue weighted by Gasteiger charge is -2.28. The van der Waals surface area contributed by atoms with E-state index in [2.05, 4.69) is 140 Å². The van der Waals surface area contributed by atoms with Crippen molar-refractivity contribution in [1.29, 1.82) is 0 Å². The highest BCUT2D eigenvalue weighted by Gasteiger charge is 2.38. The predicted octanol–water partition coefficient (Wildman–Crippen LogP) is 12.8. The lowest BCUT2D eigenvalue weighted by Crippen LogP contribution is -2.16. The highest BCUT2D eigenvalue weighted by Crippen LogP contribution is 2.54. The number of anilines is 3. The first kappa shape index (κ1) is 28.6. The van der Waals surface area contributed by atoms with Gasteiger partial charge >= 0.3 is 0 Å². The molecule has 0 bridgehead atoms. The fourth-order valence-corrected chi connectivity index (χ4v) is 7.81. The molecule has 0 radical (unpaired) electrons. The minimum atomic E-state index is -0.242. The van der Waals surface area contributed by atoms with Crippen LogP contribution in [0.25, 0.3) is 66.7 Å². The van der Waals surface area contributed by atoms with E-state index >= 15 is 0 Å². The number of oxazole rings is 1. The number of rotatable bonds is 5. The predicted molar refractivity (Wildman–Crippen MR) is 204 cm³/mol. The minimum absolute atomic E-state index is 0.242. The Kier molecular flexibility index (Phi) is 6.19. The van der Waals surface area contributed by atoms with E-state index in [0.717, 1.165) is 55.7 Å². The molecule has 0 saturated heterocycles. The first-order valence-electron chi connectivity index (χ1n) is 17.0. The molecule has 0 aliphatic heterocycles. The highest BCUT2D eigenvalue weighted by atomic mass is 16.3. The van der Waals surface area contributed by atoms with Crippen LogP contribution in [-0.2, 0) is 5.41 Å². The van der Waals surface area contributed by atoms with Gasteiger partial charge in [0.25, 0.3) is 0 Å². The average molecular weight is 645 g/mol. The molecule has 1 aliphatic rings. The number of hydrogen-bond donors (Lipinski definition) is 0. The van der Waals surface area contributed by atoms with Gasteiger partial charge in [-0.1, -0.05) is 105 Å². The third-order valence-electron chi connectivity index (χ3n) is 10.3. The van der Waals surface area contributed by atoms with Gasteiger partial charge in [-0.15, -0.1) is 0 Å². The molecule has 4 heteroatoms. The van der Waals surface area contributed by atoms with Crippen LogP contribution >= 0.6 is 0 Å². The zero-order chi connectivity index (χ0) is 33.4. The molecule has 0 N–H and O–H groups in total. The van der Waals surface area contributed by atoms with Gasteiger partial charge in [-0.05, 0) is 94.0 Å². The molecule has 2 aromatic heterocycles. The molecular formula is C46H32N2O2. The second-order valence-corrected chi connectivity index (χ2v) is 13.6. The molecule has 0 amide bonds. The molecule has 0 atom stereocenters. The van der Waals surface area contributed by atoms with Crippen molar-refractivity contribution in [2.45, 2.75) is 19.3 Å². The van der Waals surface area contributed by atoms with E-state index in [1.54, 1.807) is 0 Å². The lowest BCUT2D eigenvalue weighted by atomic mass is 9.82. The van der Waals surface area contributed by atoms with Crippen LogP contribution in [0.2, 0.25) is 0 Å². The summed E-state index contributed by atoms with van der Waals surface area (Å²) in [5.41, 5.74) is 14.7. The number of nitrogens with zero attached hydrogens (tertiary/aromatic N) is 2. The number of aromatic nitrogens is 1.